The lowest BCUT2D eigenvalue weighted by atomic mass is 10.2. The minimum Gasteiger partial charge on any atom is -0.372 e. The number of nitro groups is 1. The molecule has 1 aliphatic rings. The van der Waals surface area contributed by atoms with E-state index in [1.807, 2.05) is 18.7 Å². The molecule has 0 radical (unpaired) electrons. The molecule has 2 atom stereocenters. The zero-order valence-electron chi connectivity index (χ0n) is 10.0. The summed E-state index contributed by atoms with van der Waals surface area (Å²) in [7, 11) is 0. The fraction of sp³-hybridized carbons (Fsp3) is 0.600. The highest BCUT2D eigenvalue weighted by molar-refractivity contribution is 6.28. The first-order chi connectivity index (χ1) is 8.47. The van der Waals surface area contributed by atoms with Crippen molar-refractivity contribution in [1.29, 1.82) is 0 Å². The van der Waals surface area contributed by atoms with Crippen LogP contribution in [0.4, 0.5) is 11.5 Å². The van der Waals surface area contributed by atoms with Gasteiger partial charge < -0.3 is 9.64 Å². The Labute approximate surface area is 109 Å². The van der Waals surface area contributed by atoms with Crippen molar-refractivity contribution >= 4 is 23.1 Å². The molecule has 18 heavy (non-hydrogen) atoms. The highest BCUT2D eigenvalue weighted by atomic mass is 35.5. The van der Waals surface area contributed by atoms with Crippen LogP contribution in [-0.2, 0) is 4.74 Å². The zero-order valence-corrected chi connectivity index (χ0v) is 10.8. The summed E-state index contributed by atoms with van der Waals surface area (Å²) in [6, 6.07) is 0. The van der Waals surface area contributed by atoms with Crippen molar-refractivity contribution < 1.29 is 9.66 Å². The summed E-state index contributed by atoms with van der Waals surface area (Å²) in [5.74, 6) is 0.252. The number of ether oxygens (including phenoxy) is 1. The van der Waals surface area contributed by atoms with Gasteiger partial charge in [0.25, 0.3) is 0 Å². The normalized spacial score (nSPS) is 24.1. The molecular formula is C10H13ClN4O3. The highest BCUT2D eigenvalue weighted by Crippen LogP contribution is 2.28. The third-order valence-electron chi connectivity index (χ3n) is 2.64. The molecular weight excluding hydrogens is 260 g/mol. The van der Waals surface area contributed by atoms with Crippen LogP contribution >= 0.6 is 11.6 Å². The highest BCUT2D eigenvalue weighted by Gasteiger charge is 2.29. The molecule has 1 aliphatic heterocycles. The number of hydrogen-bond acceptors (Lipinski definition) is 6. The number of halogens is 1. The lowest BCUT2D eigenvalue weighted by Crippen LogP contribution is -2.46. The number of aromatic nitrogens is 2. The largest absolute Gasteiger partial charge is 0.372 e. The lowest BCUT2D eigenvalue weighted by Gasteiger charge is -2.35. The Kier molecular flexibility index (Phi) is 3.63. The van der Waals surface area contributed by atoms with Gasteiger partial charge in [0.2, 0.25) is 11.1 Å². The summed E-state index contributed by atoms with van der Waals surface area (Å²) in [6.45, 7) is 4.91. The number of hydrogen-bond donors (Lipinski definition) is 0. The van der Waals surface area contributed by atoms with Crippen molar-refractivity contribution in [1.82, 2.24) is 9.97 Å². The average molecular weight is 273 g/mol. The van der Waals surface area contributed by atoms with Crippen LogP contribution in [0.3, 0.4) is 0 Å². The molecule has 0 spiro atoms. The smallest absolute Gasteiger partial charge is 0.329 e. The topological polar surface area (TPSA) is 81.4 Å². The molecule has 1 fully saturated rings. The first kappa shape index (κ1) is 13.0. The molecule has 2 unspecified atom stereocenters. The van der Waals surface area contributed by atoms with Crippen LogP contribution in [0.5, 0.6) is 0 Å². The van der Waals surface area contributed by atoms with E-state index in [1.165, 1.54) is 0 Å². The third-order valence-corrected chi connectivity index (χ3v) is 2.82. The van der Waals surface area contributed by atoms with E-state index in [4.69, 9.17) is 16.3 Å². The quantitative estimate of drug-likeness (QED) is 0.463. The predicted molar refractivity (Wildman–Crippen MR) is 65.9 cm³/mol. The number of anilines is 1. The summed E-state index contributed by atoms with van der Waals surface area (Å²) >= 11 is 5.71. The Balaban J connectivity index is 2.36. The van der Waals surface area contributed by atoms with Crippen LogP contribution in [0.25, 0.3) is 0 Å². The van der Waals surface area contributed by atoms with Crippen molar-refractivity contribution in [3.05, 3.63) is 21.6 Å². The summed E-state index contributed by atoms with van der Waals surface area (Å²) in [6.07, 6.45) is 1.11. The van der Waals surface area contributed by atoms with Crippen LogP contribution in [0.15, 0.2) is 6.20 Å². The predicted octanol–water partition coefficient (Wildman–Crippen LogP) is 1.65. The average Bonchev–Trinajstić information content (AvgIpc) is 2.27. The van der Waals surface area contributed by atoms with Gasteiger partial charge in [-0.3, -0.25) is 10.1 Å². The second-order valence-corrected chi connectivity index (χ2v) is 4.61. The van der Waals surface area contributed by atoms with E-state index in [1.54, 1.807) is 0 Å². The van der Waals surface area contributed by atoms with Gasteiger partial charge in [-0.1, -0.05) is 0 Å². The maximum absolute atomic E-state index is 11.0. The fourth-order valence-electron chi connectivity index (χ4n) is 2.06. The molecule has 98 valence electrons. The van der Waals surface area contributed by atoms with Gasteiger partial charge in [0.05, 0.1) is 17.1 Å². The summed E-state index contributed by atoms with van der Waals surface area (Å²) in [5, 5.41) is 11.0. The van der Waals surface area contributed by atoms with Gasteiger partial charge in [-0.05, 0) is 25.4 Å². The van der Waals surface area contributed by atoms with Crippen molar-refractivity contribution in [2.24, 2.45) is 0 Å². The molecule has 2 heterocycles. The molecule has 2 rings (SSSR count). The minimum absolute atomic E-state index is 0.00222. The van der Waals surface area contributed by atoms with E-state index in [2.05, 4.69) is 9.97 Å². The standard InChI is InChI=1S/C10H13ClN4O3/c1-6-4-14(5-7(2)18-6)9-8(15(16)17)3-12-10(11)13-9/h3,6-7H,4-5H2,1-2H3. The number of rotatable bonds is 2. The Hall–Kier alpha value is -1.47. The minimum atomic E-state index is -0.504. The van der Waals surface area contributed by atoms with Gasteiger partial charge in [0.15, 0.2) is 0 Å². The maximum atomic E-state index is 11.0. The van der Waals surface area contributed by atoms with Crippen molar-refractivity contribution in [2.75, 3.05) is 18.0 Å². The second kappa shape index (κ2) is 5.03. The Morgan fingerprint density at radius 1 is 1.50 bits per heavy atom. The van der Waals surface area contributed by atoms with Gasteiger partial charge in [-0.25, -0.2) is 4.98 Å². The van der Waals surface area contributed by atoms with Gasteiger partial charge in [0, 0.05) is 13.1 Å². The maximum Gasteiger partial charge on any atom is 0.329 e. The van der Waals surface area contributed by atoms with E-state index >= 15 is 0 Å². The Morgan fingerprint density at radius 2 is 2.11 bits per heavy atom. The third kappa shape index (κ3) is 2.68. The number of morpholine rings is 1. The van der Waals surface area contributed by atoms with Crippen molar-refractivity contribution in [3.8, 4) is 0 Å². The van der Waals surface area contributed by atoms with Gasteiger partial charge in [-0.15, -0.1) is 0 Å². The summed E-state index contributed by atoms with van der Waals surface area (Å²) < 4.78 is 5.58. The summed E-state index contributed by atoms with van der Waals surface area (Å²) in [4.78, 5) is 19.9. The van der Waals surface area contributed by atoms with Gasteiger partial charge in [0.1, 0.15) is 6.20 Å². The molecule has 0 aromatic carbocycles. The van der Waals surface area contributed by atoms with E-state index in [9.17, 15) is 10.1 Å². The first-order valence-electron chi connectivity index (χ1n) is 5.54. The second-order valence-electron chi connectivity index (χ2n) is 4.27. The molecule has 0 bridgehead atoms. The van der Waals surface area contributed by atoms with Crippen LogP contribution in [0.1, 0.15) is 13.8 Å². The van der Waals surface area contributed by atoms with E-state index < -0.39 is 4.92 Å². The van der Waals surface area contributed by atoms with Crippen LogP contribution in [0.2, 0.25) is 5.28 Å². The molecule has 0 aliphatic carbocycles. The Bertz CT molecular complexity index is 460. The molecule has 0 saturated carbocycles. The molecule has 7 nitrogen and oxygen atoms in total. The van der Waals surface area contributed by atoms with E-state index in [-0.39, 0.29) is 29.0 Å². The van der Waals surface area contributed by atoms with Gasteiger partial charge in [-0.2, -0.15) is 4.98 Å². The molecule has 0 N–H and O–H groups in total. The van der Waals surface area contributed by atoms with Crippen molar-refractivity contribution in [2.45, 2.75) is 26.1 Å². The SMILES string of the molecule is CC1CN(c2nc(Cl)ncc2[N+](=O)[O-])CC(C)O1. The molecule has 1 aromatic heterocycles. The molecule has 8 heteroatoms. The lowest BCUT2D eigenvalue weighted by molar-refractivity contribution is -0.384. The van der Waals surface area contributed by atoms with Gasteiger partial charge >= 0.3 is 5.69 Å². The van der Waals surface area contributed by atoms with Crippen LogP contribution in [0, 0.1) is 10.1 Å². The van der Waals surface area contributed by atoms with E-state index in [0.717, 1.165) is 6.20 Å². The summed E-state index contributed by atoms with van der Waals surface area (Å²) in [5.41, 5.74) is -0.138. The van der Waals surface area contributed by atoms with Crippen molar-refractivity contribution in [3.63, 3.8) is 0 Å². The van der Waals surface area contributed by atoms with E-state index in [0.29, 0.717) is 13.1 Å². The Morgan fingerprint density at radius 3 is 2.67 bits per heavy atom. The van der Waals surface area contributed by atoms with Crippen LogP contribution < -0.4 is 4.90 Å². The monoisotopic (exact) mass is 272 g/mol. The fourth-order valence-corrected chi connectivity index (χ4v) is 2.19. The van der Waals surface area contributed by atoms with Crippen LogP contribution in [-0.4, -0.2) is 40.2 Å². The first-order valence-corrected chi connectivity index (χ1v) is 5.92. The zero-order chi connectivity index (χ0) is 13.3. The molecule has 1 aromatic rings. The number of nitrogens with zero attached hydrogens (tertiary/aromatic N) is 4. The molecule has 1 saturated heterocycles. The molecule has 0 amide bonds.